The van der Waals surface area contributed by atoms with Gasteiger partial charge in [0, 0.05) is 16.8 Å². The minimum Gasteiger partial charge on any atom is -0.383 e. The van der Waals surface area contributed by atoms with Crippen LogP contribution in [0.2, 0.25) is 10.0 Å². The maximum absolute atomic E-state index is 5.94. The van der Waals surface area contributed by atoms with Crippen LogP contribution in [0.1, 0.15) is 17.2 Å². The van der Waals surface area contributed by atoms with E-state index in [9.17, 15) is 0 Å². The number of nitrogens with zero attached hydrogens (tertiary/aromatic N) is 1. The van der Waals surface area contributed by atoms with Crippen LogP contribution >= 0.6 is 23.2 Å². The van der Waals surface area contributed by atoms with Crippen molar-refractivity contribution < 1.29 is 0 Å². The second-order valence-corrected chi connectivity index (χ2v) is 5.05. The number of anilines is 1. The predicted octanol–water partition coefficient (Wildman–Crippen LogP) is 2.72. The third-order valence-electron chi connectivity index (χ3n) is 2.85. The second-order valence-electron chi connectivity index (χ2n) is 4.18. The van der Waals surface area contributed by atoms with Crippen molar-refractivity contribution in [3.05, 3.63) is 57.7 Å². The van der Waals surface area contributed by atoms with Crippen molar-refractivity contribution in [1.29, 1.82) is 0 Å². The lowest BCUT2D eigenvalue weighted by atomic mass is 10.00. The Kier molecular flexibility index (Phi) is 4.61. The topological polar surface area (TPSA) is 77.0 Å². The average molecular weight is 297 g/mol. The lowest BCUT2D eigenvalue weighted by molar-refractivity contribution is 0.552. The Hall–Kier alpha value is -1.33. The zero-order valence-electron chi connectivity index (χ0n) is 10.1. The third-order valence-corrected chi connectivity index (χ3v) is 3.30. The highest BCUT2D eigenvalue weighted by molar-refractivity contribution is 6.30. The summed E-state index contributed by atoms with van der Waals surface area (Å²) < 4.78 is 0. The highest BCUT2D eigenvalue weighted by Crippen LogP contribution is 2.25. The van der Waals surface area contributed by atoms with Gasteiger partial charge in [0.1, 0.15) is 5.82 Å². The Morgan fingerprint density at radius 2 is 1.84 bits per heavy atom. The van der Waals surface area contributed by atoms with Crippen LogP contribution in [0.4, 0.5) is 5.82 Å². The smallest absolute Gasteiger partial charge is 0.128 e. The van der Waals surface area contributed by atoms with Crippen molar-refractivity contribution in [2.24, 2.45) is 5.84 Å². The van der Waals surface area contributed by atoms with Gasteiger partial charge in [-0.2, -0.15) is 0 Å². The second kappa shape index (κ2) is 6.21. The van der Waals surface area contributed by atoms with Gasteiger partial charge in [0.15, 0.2) is 0 Å². The number of rotatable bonds is 4. The lowest BCUT2D eigenvalue weighted by Gasteiger charge is -2.18. The first-order valence-electron chi connectivity index (χ1n) is 5.71. The van der Waals surface area contributed by atoms with Crippen LogP contribution in [0.3, 0.4) is 0 Å². The van der Waals surface area contributed by atoms with Crippen molar-refractivity contribution in [3.63, 3.8) is 0 Å². The predicted molar refractivity (Wildman–Crippen MR) is 78.9 cm³/mol. The molecule has 2 rings (SSSR count). The van der Waals surface area contributed by atoms with Crippen molar-refractivity contribution >= 4 is 29.0 Å². The molecular weight excluding hydrogens is 283 g/mol. The molecule has 0 aliphatic heterocycles. The van der Waals surface area contributed by atoms with Crippen LogP contribution < -0.4 is 17.0 Å². The number of hydrogen-bond acceptors (Lipinski definition) is 4. The van der Waals surface area contributed by atoms with Crippen LogP contribution in [0.25, 0.3) is 0 Å². The standard InChI is InChI=1S/C13H14Cl2N4/c14-9-3-1-8(2-4-9)5-12(19-17)11-6-10(15)7-18-13(11)16/h1-4,6-7,12,19H,5,17H2,(H2,16,18). The van der Waals surface area contributed by atoms with Crippen molar-refractivity contribution in [3.8, 4) is 0 Å². The normalized spacial score (nSPS) is 12.4. The minimum atomic E-state index is -0.160. The van der Waals surface area contributed by atoms with Gasteiger partial charge in [-0.1, -0.05) is 35.3 Å². The number of benzene rings is 1. The Bertz CT molecular complexity index is 557. The summed E-state index contributed by atoms with van der Waals surface area (Å²) in [6.07, 6.45) is 2.18. The first-order chi connectivity index (χ1) is 9.10. The maximum Gasteiger partial charge on any atom is 0.128 e. The number of hydrazine groups is 1. The molecule has 6 heteroatoms. The molecule has 1 aromatic carbocycles. The van der Waals surface area contributed by atoms with Gasteiger partial charge in [-0.25, -0.2) is 4.98 Å². The molecule has 1 atom stereocenters. The largest absolute Gasteiger partial charge is 0.383 e. The monoisotopic (exact) mass is 296 g/mol. The summed E-state index contributed by atoms with van der Waals surface area (Å²) in [6.45, 7) is 0. The van der Waals surface area contributed by atoms with E-state index in [4.69, 9.17) is 34.8 Å². The lowest BCUT2D eigenvalue weighted by Crippen LogP contribution is -2.30. The van der Waals surface area contributed by atoms with E-state index in [1.165, 1.54) is 6.20 Å². The van der Waals surface area contributed by atoms with Gasteiger partial charge in [0.2, 0.25) is 0 Å². The molecule has 1 unspecified atom stereocenters. The van der Waals surface area contributed by atoms with Crippen LogP contribution in [0.5, 0.6) is 0 Å². The summed E-state index contributed by atoms with van der Waals surface area (Å²) >= 11 is 11.8. The molecule has 100 valence electrons. The number of pyridine rings is 1. The quantitative estimate of drug-likeness (QED) is 0.599. The van der Waals surface area contributed by atoms with E-state index in [1.54, 1.807) is 6.07 Å². The van der Waals surface area contributed by atoms with Gasteiger partial charge in [-0.3, -0.25) is 11.3 Å². The van der Waals surface area contributed by atoms with Crippen molar-refractivity contribution in [2.75, 3.05) is 5.73 Å². The summed E-state index contributed by atoms with van der Waals surface area (Å²) in [4.78, 5) is 4.03. The molecule has 5 N–H and O–H groups in total. The zero-order valence-corrected chi connectivity index (χ0v) is 11.6. The van der Waals surface area contributed by atoms with E-state index in [-0.39, 0.29) is 6.04 Å². The zero-order chi connectivity index (χ0) is 13.8. The number of halogens is 2. The molecule has 0 bridgehead atoms. The molecule has 0 saturated carbocycles. The molecule has 19 heavy (non-hydrogen) atoms. The van der Waals surface area contributed by atoms with Crippen LogP contribution in [0, 0.1) is 0 Å². The number of aromatic nitrogens is 1. The Labute approximate surface area is 121 Å². The van der Waals surface area contributed by atoms with Gasteiger partial charge in [-0.05, 0) is 30.2 Å². The van der Waals surface area contributed by atoms with Crippen molar-refractivity contribution in [1.82, 2.24) is 10.4 Å². The number of nitrogens with two attached hydrogens (primary N) is 2. The number of hydrogen-bond donors (Lipinski definition) is 3. The molecule has 0 radical (unpaired) electrons. The van der Waals surface area contributed by atoms with Gasteiger partial charge >= 0.3 is 0 Å². The third kappa shape index (κ3) is 3.58. The number of nitrogen functional groups attached to an aromatic ring is 1. The summed E-state index contributed by atoms with van der Waals surface area (Å²) in [5.74, 6) is 6.02. The fourth-order valence-corrected chi connectivity index (χ4v) is 2.15. The van der Waals surface area contributed by atoms with E-state index in [0.717, 1.165) is 11.1 Å². The van der Waals surface area contributed by atoms with E-state index >= 15 is 0 Å². The minimum absolute atomic E-state index is 0.160. The average Bonchev–Trinajstić information content (AvgIpc) is 2.41. The fourth-order valence-electron chi connectivity index (χ4n) is 1.86. The molecule has 0 fully saturated rings. The molecule has 2 aromatic rings. The fraction of sp³-hybridized carbons (Fsp3) is 0.154. The Morgan fingerprint density at radius 3 is 2.47 bits per heavy atom. The molecule has 0 aliphatic rings. The first-order valence-corrected chi connectivity index (χ1v) is 6.47. The molecular formula is C13H14Cl2N4. The Morgan fingerprint density at radius 1 is 1.16 bits per heavy atom. The molecule has 0 aliphatic carbocycles. The van der Waals surface area contributed by atoms with E-state index in [1.807, 2.05) is 24.3 Å². The number of nitrogens with one attached hydrogen (secondary N) is 1. The van der Waals surface area contributed by atoms with Crippen molar-refractivity contribution in [2.45, 2.75) is 12.5 Å². The van der Waals surface area contributed by atoms with E-state index in [0.29, 0.717) is 22.3 Å². The molecule has 4 nitrogen and oxygen atoms in total. The van der Waals surface area contributed by atoms with Crippen LogP contribution in [-0.2, 0) is 6.42 Å². The van der Waals surface area contributed by atoms with Gasteiger partial charge < -0.3 is 5.73 Å². The first kappa shape index (κ1) is 14.1. The summed E-state index contributed by atoms with van der Waals surface area (Å²) in [5.41, 5.74) is 10.5. The molecule has 1 aromatic heterocycles. The summed E-state index contributed by atoms with van der Waals surface area (Å²) in [7, 11) is 0. The molecule has 0 spiro atoms. The van der Waals surface area contributed by atoms with Gasteiger partial charge in [0.25, 0.3) is 0 Å². The van der Waals surface area contributed by atoms with E-state index in [2.05, 4.69) is 10.4 Å². The SMILES string of the molecule is NNC(Cc1ccc(Cl)cc1)c1cc(Cl)cnc1N. The highest BCUT2D eigenvalue weighted by atomic mass is 35.5. The van der Waals surface area contributed by atoms with Crippen LogP contribution in [0.15, 0.2) is 36.5 Å². The molecule has 1 heterocycles. The van der Waals surface area contributed by atoms with E-state index < -0.39 is 0 Å². The highest BCUT2D eigenvalue weighted by Gasteiger charge is 2.15. The Balaban J connectivity index is 2.24. The van der Waals surface area contributed by atoms with Crippen LogP contribution in [-0.4, -0.2) is 4.98 Å². The summed E-state index contributed by atoms with van der Waals surface area (Å²) in [5, 5.41) is 1.23. The van der Waals surface area contributed by atoms with Gasteiger partial charge in [0.05, 0.1) is 11.1 Å². The summed E-state index contributed by atoms with van der Waals surface area (Å²) in [6, 6.07) is 9.17. The molecule has 0 amide bonds. The maximum atomic E-state index is 5.94. The molecule has 0 saturated heterocycles. The van der Waals surface area contributed by atoms with Gasteiger partial charge in [-0.15, -0.1) is 0 Å².